The number of nitrogens with two attached hydrogens (primary N) is 1. The molecule has 0 aromatic carbocycles. The van der Waals surface area contributed by atoms with Gasteiger partial charge in [0.05, 0.1) is 6.10 Å². The topological polar surface area (TPSA) is 133 Å². The van der Waals surface area contributed by atoms with Crippen molar-refractivity contribution in [2.24, 2.45) is 5.73 Å². The van der Waals surface area contributed by atoms with E-state index in [9.17, 15) is 14.4 Å². The van der Waals surface area contributed by atoms with Crippen LogP contribution in [-0.2, 0) is 9.59 Å². The zero-order chi connectivity index (χ0) is 14.3. The van der Waals surface area contributed by atoms with Crippen LogP contribution in [0, 0.1) is 0 Å². The second kappa shape index (κ2) is 7.49. The number of primary amides is 1. The van der Waals surface area contributed by atoms with Crippen LogP contribution in [0.1, 0.15) is 19.8 Å². The first kappa shape index (κ1) is 16.2. The van der Waals surface area contributed by atoms with Crippen LogP contribution in [0.2, 0.25) is 0 Å². The molecule has 8 nitrogen and oxygen atoms in total. The summed E-state index contributed by atoms with van der Waals surface area (Å²) in [5, 5.41) is 20.2. The molecule has 0 rings (SSSR count). The van der Waals surface area contributed by atoms with E-state index in [1.807, 2.05) is 0 Å². The first-order chi connectivity index (χ1) is 8.23. The van der Waals surface area contributed by atoms with Gasteiger partial charge in [-0.3, -0.25) is 4.79 Å². The Labute approximate surface area is 105 Å². The smallest absolute Gasteiger partial charge is 0.326 e. The SMILES string of the molecule is CC(O)CN(C)C(=O)N[C@H](CCC(N)=O)C(=O)O. The number of carbonyl (C=O) groups is 3. The second-order valence-electron chi connectivity index (χ2n) is 4.07. The van der Waals surface area contributed by atoms with Gasteiger partial charge >= 0.3 is 12.0 Å². The normalized spacial score (nSPS) is 13.5. The van der Waals surface area contributed by atoms with Crippen molar-refractivity contribution >= 4 is 17.9 Å². The predicted octanol–water partition coefficient (Wildman–Crippen LogP) is -1.27. The number of nitrogens with one attached hydrogen (secondary N) is 1. The van der Waals surface area contributed by atoms with Gasteiger partial charge in [0, 0.05) is 20.0 Å². The molecular formula is C10H19N3O5. The number of aliphatic hydroxyl groups excluding tert-OH is 1. The molecule has 0 fully saturated rings. The van der Waals surface area contributed by atoms with E-state index in [0.717, 1.165) is 4.90 Å². The summed E-state index contributed by atoms with van der Waals surface area (Å²) in [5.41, 5.74) is 4.91. The molecule has 104 valence electrons. The molecule has 0 spiro atoms. The maximum atomic E-state index is 11.6. The Morgan fingerprint density at radius 1 is 1.39 bits per heavy atom. The van der Waals surface area contributed by atoms with E-state index < -0.39 is 30.1 Å². The quantitative estimate of drug-likeness (QED) is 0.453. The number of aliphatic carboxylic acids is 1. The number of urea groups is 1. The summed E-state index contributed by atoms with van der Waals surface area (Å²) in [6.07, 6.45) is -0.911. The van der Waals surface area contributed by atoms with E-state index in [2.05, 4.69) is 5.32 Å². The van der Waals surface area contributed by atoms with Gasteiger partial charge in [-0.25, -0.2) is 9.59 Å². The fourth-order valence-corrected chi connectivity index (χ4v) is 1.28. The number of carbonyl (C=O) groups excluding carboxylic acids is 2. The molecule has 3 amide bonds. The van der Waals surface area contributed by atoms with Crippen molar-refractivity contribution in [3.63, 3.8) is 0 Å². The van der Waals surface area contributed by atoms with Gasteiger partial charge in [0.2, 0.25) is 5.91 Å². The molecule has 0 heterocycles. The highest BCUT2D eigenvalue weighted by atomic mass is 16.4. The molecular weight excluding hydrogens is 242 g/mol. The van der Waals surface area contributed by atoms with Gasteiger partial charge in [-0.05, 0) is 13.3 Å². The highest BCUT2D eigenvalue weighted by molar-refractivity contribution is 5.83. The lowest BCUT2D eigenvalue weighted by molar-refractivity contribution is -0.139. The summed E-state index contributed by atoms with van der Waals surface area (Å²) >= 11 is 0. The number of aliphatic hydroxyl groups is 1. The molecule has 8 heteroatoms. The molecule has 5 N–H and O–H groups in total. The van der Waals surface area contributed by atoms with Gasteiger partial charge < -0.3 is 26.2 Å². The average molecular weight is 261 g/mol. The molecule has 0 saturated heterocycles. The molecule has 0 aliphatic carbocycles. The molecule has 2 atom stereocenters. The summed E-state index contributed by atoms with van der Waals surface area (Å²) < 4.78 is 0. The largest absolute Gasteiger partial charge is 0.480 e. The van der Waals surface area contributed by atoms with Crippen LogP contribution in [0.3, 0.4) is 0 Å². The Morgan fingerprint density at radius 2 is 1.94 bits per heavy atom. The number of hydrogen-bond acceptors (Lipinski definition) is 4. The molecule has 18 heavy (non-hydrogen) atoms. The molecule has 0 aromatic rings. The van der Waals surface area contributed by atoms with Gasteiger partial charge in [0.15, 0.2) is 0 Å². The Hall–Kier alpha value is -1.83. The van der Waals surface area contributed by atoms with Gasteiger partial charge in [0.25, 0.3) is 0 Å². The summed E-state index contributed by atoms with van der Waals surface area (Å²) in [6, 6.07) is -1.81. The third-order valence-corrected chi connectivity index (χ3v) is 2.16. The van der Waals surface area contributed by atoms with Crippen LogP contribution in [0.4, 0.5) is 4.79 Å². The van der Waals surface area contributed by atoms with Crippen LogP contribution < -0.4 is 11.1 Å². The molecule has 0 bridgehead atoms. The van der Waals surface area contributed by atoms with Gasteiger partial charge in [0.1, 0.15) is 6.04 Å². The zero-order valence-electron chi connectivity index (χ0n) is 10.4. The minimum atomic E-state index is -1.24. The Balaban J connectivity index is 4.35. The van der Waals surface area contributed by atoms with Crippen molar-refractivity contribution in [3.8, 4) is 0 Å². The van der Waals surface area contributed by atoms with E-state index in [1.165, 1.54) is 14.0 Å². The first-order valence-electron chi connectivity index (χ1n) is 5.44. The lowest BCUT2D eigenvalue weighted by atomic mass is 10.1. The fourth-order valence-electron chi connectivity index (χ4n) is 1.28. The summed E-state index contributed by atoms with van der Waals surface area (Å²) in [7, 11) is 1.43. The lowest BCUT2D eigenvalue weighted by Crippen LogP contribution is -2.48. The summed E-state index contributed by atoms with van der Waals surface area (Å²) in [6.45, 7) is 1.58. The number of nitrogens with zero attached hydrogens (tertiary/aromatic N) is 1. The number of amides is 3. The van der Waals surface area contributed by atoms with Crippen molar-refractivity contribution in [1.82, 2.24) is 10.2 Å². The highest BCUT2D eigenvalue weighted by Crippen LogP contribution is 1.99. The molecule has 0 aliphatic rings. The fraction of sp³-hybridized carbons (Fsp3) is 0.700. The van der Waals surface area contributed by atoms with Gasteiger partial charge in [-0.1, -0.05) is 0 Å². The molecule has 0 radical (unpaired) electrons. The van der Waals surface area contributed by atoms with Crippen LogP contribution >= 0.6 is 0 Å². The third-order valence-electron chi connectivity index (χ3n) is 2.16. The highest BCUT2D eigenvalue weighted by Gasteiger charge is 2.22. The van der Waals surface area contributed by atoms with E-state index >= 15 is 0 Å². The first-order valence-corrected chi connectivity index (χ1v) is 5.44. The minimum absolute atomic E-state index is 0.0705. The summed E-state index contributed by atoms with van der Waals surface area (Å²) in [5.74, 6) is -1.87. The number of hydrogen-bond donors (Lipinski definition) is 4. The number of likely N-dealkylation sites (N-methyl/N-ethyl adjacent to an activating group) is 1. The molecule has 0 aromatic heterocycles. The Morgan fingerprint density at radius 3 is 2.33 bits per heavy atom. The summed E-state index contributed by atoms with van der Waals surface area (Å²) in [4.78, 5) is 34.1. The van der Waals surface area contributed by atoms with Crippen LogP contribution in [-0.4, -0.2) is 58.8 Å². The Kier molecular flexibility index (Phi) is 6.73. The standard InChI is InChI=1S/C10H19N3O5/c1-6(14)5-13(2)10(18)12-7(9(16)17)3-4-8(11)15/h6-7,14H,3-5H2,1-2H3,(H2,11,15)(H,12,18)(H,16,17)/t6?,7-/m1/s1. The van der Waals surface area contributed by atoms with E-state index in [4.69, 9.17) is 15.9 Å². The maximum Gasteiger partial charge on any atom is 0.326 e. The predicted molar refractivity (Wildman–Crippen MR) is 62.7 cm³/mol. The van der Waals surface area contributed by atoms with E-state index in [0.29, 0.717) is 0 Å². The van der Waals surface area contributed by atoms with Gasteiger partial charge in [-0.15, -0.1) is 0 Å². The average Bonchev–Trinajstić information content (AvgIpc) is 2.21. The van der Waals surface area contributed by atoms with Crippen LogP contribution in [0.5, 0.6) is 0 Å². The van der Waals surface area contributed by atoms with Crippen molar-refractivity contribution in [3.05, 3.63) is 0 Å². The van der Waals surface area contributed by atoms with Crippen LogP contribution in [0.25, 0.3) is 0 Å². The van der Waals surface area contributed by atoms with Crippen molar-refractivity contribution in [1.29, 1.82) is 0 Å². The second-order valence-corrected chi connectivity index (χ2v) is 4.07. The Bertz CT molecular complexity index is 319. The van der Waals surface area contributed by atoms with Crippen molar-refractivity contribution in [2.75, 3.05) is 13.6 Å². The van der Waals surface area contributed by atoms with E-state index in [-0.39, 0.29) is 19.4 Å². The molecule has 0 saturated carbocycles. The van der Waals surface area contributed by atoms with E-state index in [1.54, 1.807) is 0 Å². The van der Waals surface area contributed by atoms with Crippen molar-refractivity contribution < 1.29 is 24.6 Å². The lowest BCUT2D eigenvalue weighted by Gasteiger charge is -2.22. The van der Waals surface area contributed by atoms with Crippen molar-refractivity contribution in [2.45, 2.75) is 31.9 Å². The zero-order valence-corrected chi connectivity index (χ0v) is 10.4. The molecule has 1 unspecified atom stereocenters. The third kappa shape index (κ3) is 6.69. The van der Waals surface area contributed by atoms with Gasteiger partial charge in [-0.2, -0.15) is 0 Å². The number of carboxylic acids is 1. The monoisotopic (exact) mass is 261 g/mol. The molecule has 0 aliphatic heterocycles. The van der Waals surface area contributed by atoms with Crippen LogP contribution in [0.15, 0.2) is 0 Å². The number of rotatable bonds is 7. The number of carboxylic acid groups (broad SMARTS) is 1. The maximum absolute atomic E-state index is 11.6. The minimum Gasteiger partial charge on any atom is -0.480 e.